The number of carbonyl (C=O) groups is 1. The van der Waals surface area contributed by atoms with Crippen molar-refractivity contribution in [1.29, 1.82) is 0 Å². The van der Waals surface area contributed by atoms with Gasteiger partial charge in [-0.2, -0.15) is 0 Å². The summed E-state index contributed by atoms with van der Waals surface area (Å²) in [6, 6.07) is 7.76. The third-order valence-electron chi connectivity index (χ3n) is 3.50. The predicted octanol–water partition coefficient (Wildman–Crippen LogP) is 1.83. The smallest absolute Gasteiger partial charge is 0.298 e. The van der Waals surface area contributed by atoms with Gasteiger partial charge in [0, 0.05) is 0 Å². The van der Waals surface area contributed by atoms with Gasteiger partial charge in [0.15, 0.2) is 6.29 Å². The van der Waals surface area contributed by atoms with E-state index < -0.39 is 22.9 Å². The van der Waals surface area contributed by atoms with Crippen LogP contribution in [0.3, 0.4) is 0 Å². The van der Waals surface area contributed by atoms with Gasteiger partial charge in [-0.25, -0.2) is 13.6 Å². The molecule has 3 aromatic rings. The van der Waals surface area contributed by atoms with Crippen LogP contribution >= 0.6 is 0 Å². The van der Waals surface area contributed by atoms with Crippen LogP contribution < -0.4 is 11.2 Å². The minimum atomic E-state index is -0.813. The van der Waals surface area contributed by atoms with E-state index in [2.05, 4.69) is 4.98 Å². The van der Waals surface area contributed by atoms with Crippen molar-refractivity contribution >= 4 is 17.2 Å². The van der Waals surface area contributed by atoms with Crippen LogP contribution in [-0.4, -0.2) is 15.8 Å². The molecule has 0 atom stereocenters. The minimum absolute atomic E-state index is 0.0450. The van der Waals surface area contributed by atoms with E-state index >= 15 is 0 Å². The number of rotatable bonds is 3. The first-order valence-corrected chi connectivity index (χ1v) is 6.66. The Morgan fingerprint density at radius 1 is 1.09 bits per heavy atom. The Bertz CT molecular complexity index is 1040. The van der Waals surface area contributed by atoms with Gasteiger partial charge in [0.2, 0.25) is 0 Å². The summed E-state index contributed by atoms with van der Waals surface area (Å²) in [5.41, 5.74) is -1.09. The predicted molar refractivity (Wildman–Crippen MR) is 79.7 cm³/mol. The van der Waals surface area contributed by atoms with E-state index in [9.17, 15) is 23.2 Å². The number of carbonyl (C=O) groups excluding carboxylic acids is 1. The molecule has 116 valence electrons. The number of fused-ring (bicyclic) bond motifs is 1. The molecule has 0 aliphatic carbocycles. The van der Waals surface area contributed by atoms with Gasteiger partial charge in [0.1, 0.15) is 11.6 Å². The molecule has 0 spiro atoms. The van der Waals surface area contributed by atoms with Gasteiger partial charge < -0.3 is 0 Å². The van der Waals surface area contributed by atoms with Crippen molar-refractivity contribution in [1.82, 2.24) is 9.55 Å². The van der Waals surface area contributed by atoms with Crippen molar-refractivity contribution < 1.29 is 13.6 Å². The van der Waals surface area contributed by atoms with Gasteiger partial charge in [-0.15, -0.1) is 0 Å². The molecule has 0 amide bonds. The van der Waals surface area contributed by atoms with Crippen LogP contribution in [0.1, 0.15) is 15.9 Å². The standard InChI is InChI=1S/C16H10F2N2O3/c17-11-5-4-9(6-10(11)8-21)7-20-13-3-1-2-12(18)14(13)15(22)19-16(20)23/h1-6,8H,7H2,(H,19,22,23). The molecule has 0 unspecified atom stereocenters. The van der Waals surface area contributed by atoms with Crippen molar-refractivity contribution in [3.8, 4) is 0 Å². The highest BCUT2D eigenvalue weighted by Crippen LogP contribution is 2.14. The van der Waals surface area contributed by atoms with E-state index in [1.165, 1.54) is 24.3 Å². The summed E-state index contributed by atoms with van der Waals surface area (Å²) >= 11 is 0. The highest BCUT2D eigenvalue weighted by atomic mass is 19.1. The average Bonchev–Trinajstić information content (AvgIpc) is 2.52. The quantitative estimate of drug-likeness (QED) is 0.749. The normalized spacial score (nSPS) is 10.9. The van der Waals surface area contributed by atoms with Gasteiger partial charge in [-0.3, -0.25) is 19.1 Å². The lowest BCUT2D eigenvalue weighted by atomic mass is 10.1. The fourth-order valence-corrected chi connectivity index (χ4v) is 2.42. The van der Waals surface area contributed by atoms with Crippen molar-refractivity contribution in [2.24, 2.45) is 0 Å². The summed E-state index contributed by atoms with van der Waals surface area (Å²) in [5.74, 6) is -1.42. The fourth-order valence-electron chi connectivity index (χ4n) is 2.42. The minimum Gasteiger partial charge on any atom is -0.298 e. The van der Waals surface area contributed by atoms with Gasteiger partial charge in [0.05, 0.1) is 23.0 Å². The Morgan fingerprint density at radius 3 is 2.61 bits per heavy atom. The van der Waals surface area contributed by atoms with E-state index in [-0.39, 0.29) is 23.0 Å². The zero-order chi connectivity index (χ0) is 16.6. The monoisotopic (exact) mass is 316 g/mol. The summed E-state index contributed by atoms with van der Waals surface area (Å²) in [4.78, 5) is 36.6. The fraction of sp³-hybridized carbons (Fsp3) is 0.0625. The van der Waals surface area contributed by atoms with Crippen molar-refractivity contribution in [2.75, 3.05) is 0 Å². The molecule has 0 bridgehead atoms. The molecule has 1 heterocycles. The number of nitrogens with zero attached hydrogens (tertiary/aromatic N) is 1. The molecule has 7 heteroatoms. The summed E-state index contributed by atoms with van der Waals surface area (Å²) < 4.78 is 28.3. The third kappa shape index (κ3) is 2.57. The number of hydrogen-bond acceptors (Lipinski definition) is 3. The first kappa shape index (κ1) is 14.8. The molecule has 5 nitrogen and oxygen atoms in total. The molecular weight excluding hydrogens is 306 g/mol. The van der Waals surface area contributed by atoms with E-state index in [4.69, 9.17) is 0 Å². The maximum Gasteiger partial charge on any atom is 0.329 e. The molecule has 0 saturated carbocycles. The molecule has 2 aromatic carbocycles. The van der Waals surface area contributed by atoms with Crippen LogP contribution in [-0.2, 0) is 6.54 Å². The molecule has 0 aliphatic heterocycles. The Balaban J connectivity index is 2.21. The second-order valence-electron chi connectivity index (χ2n) is 4.95. The molecular formula is C16H10F2N2O3. The maximum atomic E-state index is 13.8. The number of aromatic nitrogens is 2. The third-order valence-corrected chi connectivity index (χ3v) is 3.50. The Kier molecular flexibility index (Phi) is 3.61. The summed E-state index contributed by atoms with van der Waals surface area (Å²) in [6.07, 6.45) is 0.367. The van der Waals surface area contributed by atoms with E-state index in [1.54, 1.807) is 0 Å². The number of nitrogens with one attached hydrogen (secondary N) is 1. The van der Waals surface area contributed by atoms with Gasteiger partial charge in [-0.1, -0.05) is 12.1 Å². The Labute approximate surface area is 127 Å². The summed E-state index contributed by atoms with van der Waals surface area (Å²) in [7, 11) is 0. The SMILES string of the molecule is O=Cc1cc(Cn2c(=O)[nH]c(=O)c3c(F)cccc32)ccc1F. The lowest BCUT2D eigenvalue weighted by Crippen LogP contribution is -2.31. The molecule has 3 rings (SSSR count). The lowest BCUT2D eigenvalue weighted by molar-refractivity contribution is 0.111. The molecule has 1 aromatic heterocycles. The zero-order valence-corrected chi connectivity index (χ0v) is 11.7. The second-order valence-corrected chi connectivity index (χ2v) is 4.95. The second kappa shape index (κ2) is 5.60. The van der Waals surface area contributed by atoms with Crippen molar-refractivity contribution in [3.63, 3.8) is 0 Å². The van der Waals surface area contributed by atoms with Gasteiger partial charge >= 0.3 is 5.69 Å². The number of hydrogen-bond donors (Lipinski definition) is 1. The van der Waals surface area contributed by atoms with Gasteiger partial charge in [0.25, 0.3) is 5.56 Å². The Morgan fingerprint density at radius 2 is 1.87 bits per heavy atom. The molecule has 1 N–H and O–H groups in total. The number of aldehydes is 1. The van der Waals surface area contributed by atoms with E-state index in [0.29, 0.717) is 11.8 Å². The maximum absolute atomic E-state index is 13.8. The van der Waals surface area contributed by atoms with Crippen LogP contribution in [0.2, 0.25) is 0 Å². The lowest BCUT2D eigenvalue weighted by Gasteiger charge is -2.10. The highest BCUT2D eigenvalue weighted by molar-refractivity contribution is 5.78. The molecule has 23 heavy (non-hydrogen) atoms. The molecule has 0 aliphatic rings. The van der Waals surface area contributed by atoms with Gasteiger partial charge in [-0.05, 0) is 29.8 Å². The number of benzene rings is 2. The number of H-pyrrole nitrogens is 1. The zero-order valence-electron chi connectivity index (χ0n) is 11.7. The first-order chi connectivity index (χ1) is 11.0. The summed E-state index contributed by atoms with van der Waals surface area (Å²) in [6.45, 7) is -0.0450. The largest absolute Gasteiger partial charge is 0.329 e. The van der Waals surface area contributed by atoms with E-state index in [1.807, 2.05) is 0 Å². The van der Waals surface area contributed by atoms with Crippen LogP contribution in [0, 0.1) is 11.6 Å². The van der Waals surface area contributed by atoms with Crippen LogP contribution in [0.4, 0.5) is 8.78 Å². The molecule has 0 radical (unpaired) electrons. The first-order valence-electron chi connectivity index (χ1n) is 6.66. The number of aromatic amines is 1. The van der Waals surface area contributed by atoms with Crippen LogP contribution in [0.5, 0.6) is 0 Å². The summed E-state index contributed by atoms with van der Waals surface area (Å²) in [5, 5.41) is -0.232. The van der Waals surface area contributed by atoms with Crippen LogP contribution in [0.15, 0.2) is 46.0 Å². The molecule has 0 fully saturated rings. The number of halogens is 2. The highest BCUT2D eigenvalue weighted by Gasteiger charge is 2.12. The average molecular weight is 316 g/mol. The van der Waals surface area contributed by atoms with Crippen molar-refractivity contribution in [2.45, 2.75) is 6.54 Å². The van der Waals surface area contributed by atoms with E-state index in [0.717, 1.165) is 16.7 Å². The molecule has 0 saturated heterocycles. The van der Waals surface area contributed by atoms with Crippen molar-refractivity contribution in [3.05, 3.63) is 80.0 Å². The van der Waals surface area contributed by atoms with Crippen LogP contribution in [0.25, 0.3) is 10.9 Å². The topological polar surface area (TPSA) is 71.9 Å². The Hall–Kier alpha value is -3.09.